The van der Waals surface area contributed by atoms with Gasteiger partial charge >= 0.3 is 12.1 Å². The van der Waals surface area contributed by atoms with Gasteiger partial charge in [-0.1, -0.05) is 32.1 Å². The van der Waals surface area contributed by atoms with Crippen molar-refractivity contribution in [1.29, 1.82) is 0 Å². The van der Waals surface area contributed by atoms with E-state index in [1.54, 1.807) is 4.90 Å². The van der Waals surface area contributed by atoms with Crippen LogP contribution in [0.25, 0.3) is 0 Å². The summed E-state index contributed by atoms with van der Waals surface area (Å²) in [7, 11) is 0. The van der Waals surface area contributed by atoms with E-state index in [0.29, 0.717) is 12.5 Å². The minimum atomic E-state index is -0.781. The molecule has 0 spiro atoms. The van der Waals surface area contributed by atoms with E-state index in [4.69, 9.17) is 4.74 Å². The van der Waals surface area contributed by atoms with Gasteiger partial charge in [-0.25, -0.2) is 4.79 Å². The fourth-order valence-corrected chi connectivity index (χ4v) is 3.61. The highest BCUT2D eigenvalue weighted by atomic mass is 16.6. The number of ether oxygens (including phenoxy) is 1. The van der Waals surface area contributed by atoms with Crippen molar-refractivity contribution in [2.45, 2.75) is 58.5 Å². The molecule has 0 aromatic rings. The highest BCUT2D eigenvalue weighted by Crippen LogP contribution is 2.38. The molecule has 0 radical (unpaired) electrons. The molecule has 2 atom stereocenters. The van der Waals surface area contributed by atoms with Crippen LogP contribution in [0.5, 0.6) is 0 Å². The molecule has 1 amide bonds. The Labute approximate surface area is 126 Å². The third-order valence-corrected chi connectivity index (χ3v) is 4.59. The predicted molar refractivity (Wildman–Crippen MR) is 79.0 cm³/mol. The Balaban J connectivity index is 2.04. The van der Waals surface area contributed by atoms with Crippen LogP contribution in [0.4, 0.5) is 4.79 Å². The van der Waals surface area contributed by atoms with Gasteiger partial charge in [0.1, 0.15) is 5.60 Å². The van der Waals surface area contributed by atoms with Crippen LogP contribution in [-0.2, 0) is 9.53 Å². The second-order valence-electron chi connectivity index (χ2n) is 7.39. The van der Waals surface area contributed by atoms with Gasteiger partial charge in [-0.3, -0.25) is 4.79 Å². The van der Waals surface area contributed by atoms with Gasteiger partial charge in [0.05, 0.1) is 5.92 Å². The number of amides is 1. The molecular weight excluding hydrogens is 270 g/mol. The average molecular weight is 297 g/mol. The molecule has 5 heteroatoms. The Morgan fingerprint density at radius 2 is 1.71 bits per heavy atom. The lowest BCUT2D eigenvalue weighted by atomic mass is 9.75. The minimum absolute atomic E-state index is 0.0790. The second-order valence-corrected chi connectivity index (χ2v) is 7.39. The maximum absolute atomic E-state index is 12.2. The lowest BCUT2D eigenvalue weighted by molar-refractivity contribution is -0.143. The summed E-state index contributed by atoms with van der Waals surface area (Å²) in [6, 6.07) is 0. The fourth-order valence-electron chi connectivity index (χ4n) is 3.61. The van der Waals surface area contributed by atoms with Gasteiger partial charge < -0.3 is 14.7 Å². The highest BCUT2D eigenvalue weighted by Gasteiger charge is 2.44. The molecular formula is C16H27NO4. The van der Waals surface area contributed by atoms with Gasteiger partial charge in [-0.2, -0.15) is 0 Å². The predicted octanol–water partition coefficient (Wildman–Crippen LogP) is 3.13. The second kappa shape index (κ2) is 6.24. The van der Waals surface area contributed by atoms with Crippen LogP contribution in [0.2, 0.25) is 0 Å². The average Bonchev–Trinajstić information content (AvgIpc) is 2.83. The maximum atomic E-state index is 12.2. The van der Waals surface area contributed by atoms with Crippen molar-refractivity contribution in [3.8, 4) is 0 Å². The van der Waals surface area contributed by atoms with E-state index in [2.05, 4.69) is 0 Å². The Bertz CT molecular complexity index is 396. The number of carbonyl (C=O) groups excluding carboxylic acids is 1. The van der Waals surface area contributed by atoms with E-state index < -0.39 is 17.5 Å². The van der Waals surface area contributed by atoms with Crippen molar-refractivity contribution in [3.63, 3.8) is 0 Å². The van der Waals surface area contributed by atoms with Gasteiger partial charge in [0.15, 0.2) is 0 Å². The summed E-state index contributed by atoms with van der Waals surface area (Å²) >= 11 is 0. The number of aliphatic carboxylic acids is 1. The molecule has 120 valence electrons. The molecule has 0 aromatic heterocycles. The number of carboxylic acids is 1. The minimum Gasteiger partial charge on any atom is -0.481 e. The summed E-state index contributed by atoms with van der Waals surface area (Å²) in [5, 5.41) is 9.47. The van der Waals surface area contributed by atoms with Crippen LogP contribution in [0.3, 0.4) is 0 Å². The summed E-state index contributed by atoms with van der Waals surface area (Å²) in [4.78, 5) is 25.3. The molecule has 21 heavy (non-hydrogen) atoms. The van der Waals surface area contributed by atoms with Crippen LogP contribution in [-0.4, -0.2) is 40.8 Å². The van der Waals surface area contributed by atoms with E-state index in [1.165, 1.54) is 19.3 Å². The van der Waals surface area contributed by atoms with Crippen molar-refractivity contribution in [2.24, 2.45) is 17.8 Å². The maximum Gasteiger partial charge on any atom is 0.410 e. The van der Waals surface area contributed by atoms with E-state index in [9.17, 15) is 14.7 Å². The largest absolute Gasteiger partial charge is 0.481 e. The number of hydrogen-bond donors (Lipinski definition) is 1. The fraction of sp³-hybridized carbons (Fsp3) is 0.875. The Morgan fingerprint density at radius 3 is 2.24 bits per heavy atom. The van der Waals surface area contributed by atoms with Crippen molar-refractivity contribution in [1.82, 2.24) is 4.90 Å². The summed E-state index contributed by atoms with van der Waals surface area (Å²) in [6.45, 7) is 6.29. The smallest absolute Gasteiger partial charge is 0.410 e. The quantitative estimate of drug-likeness (QED) is 0.850. The lowest BCUT2D eigenvalue weighted by Crippen LogP contribution is -2.36. The Morgan fingerprint density at radius 1 is 1.10 bits per heavy atom. The molecule has 2 fully saturated rings. The van der Waals surface area contributed by atoms with Crippen LogP contribution in [0, 0.1) is 17.8 Å². The van der Waals surface area contributed by atoms with Gasteiger partial charge in [-0.15, -0.1) is 0 Å². The number of rotatable bonds is 2. The zero-order chi connectivity index (χ0) is 15.6. The van der Waals surface area contributed by atoms with Crippen molar-refractivity contribution in [3.05, 3.63) is 0 Å². The van der Waals surface area contributed by atoms with Gasteiger partial charge in [0.25, 0.3) is 0 Å². The standard InChI is InChI=1S/C16H27NO4/c1-16(2,3)21-15(20)17-9-12(13(10-17)14(18)19)11-7-5-4-6-8-11/h11-13H,4-10H2,1-3H3,(H,18,19)/t12-,13+/m1/s1. The number of nitrogens with zero attached hydrogens (tertiary/aromatic N) is 1. The molecule has 1 N–H and O–H groups in total. The third kappa shape index (κ3) is 4.11. The van der Waals surface area contributed by atoms with E-state index in [1.807, 2.05) is 20.8 Å². The van der Waals surface area contributed by atoms with Crippen LogP contribution in [0.1, 0.15) is 52.9 Å². The summed E-state index contributed by atoms with van der Waals surface area (Å²) in [5.41, 5.74) is -0.543. The van der Waals surface area contributed by atoms with E-state index in [-0.39, 0.29) is 18.6 Å². The first-order chi connectivity index (χ1) is 9.78. The van der Waals surface area contributed by atoms with Crippen molar-refractivity contribution >= 4 is 12.1 Å². The first-order valence-corrected chi connectivity index (χ1v) is 7.98. The molecule has 1 aliphatic carbocycles. The summed E-state index contributed by atoms with van der Waals surface area (Å²) < 4.78 is 5.38. The first kappa shape index (κ1) is 16.1. The molecule has 1 heterocycles. The molecule has 0 aromatic carbocycles. The van der Waals surface area contributed by atoms with Crippen LogP contribution >= 0.6 is 0 Å². The van der Waals surface area contributed by atoms with Gasteiger partial charge in [0.2, 0.25) is 0 Å². The zero-order valence-electron chi connectivity index (χ0n) is 13.3. The summed E-state index contributed by atoms with van der Waals surface area (Å²) in [6.07, 6.45) is 5.41. The SMILES string of the molecule is CC(C)(C)OC(=O)N1C[C@H](C(=O)O)[C@@H](C2CCCCC2)C1. The zero-order valence-corrected chi connectivity index (χ0v) is 13.3. The molecule has 2 aliphatic rings. The van der Waals surface area contributed by atoms with Gasteiger partial charge in [0, 0.05) is 13.1 Å². The number of likely N-dealkylation sites (tertiary alicyclic amines) is 1. The van der Waals surface area contributed by atoms with Crippen molar-refractivity contribution < 1.29 is 19.4 Å². The first-order valence-electron chi connectivity index (χ1n) is 7.98. The third-order valence-electron chi connectivity index (χ3n) is 4.59. The molecule has 2 rings (SSSR count). The monoisotopic (exact) mass is 297 g/mol. The van der Waals surface area contributed by atoms with Crippen LogP contribution < -0.4 is 0 Å². The normalized spacial score (nSPS) is 27.7. The van der Waals surface area contributed by atoms with Crippen LogP contribution in [0.15, 0.2) is 0 Å². The topological polar surface area (TPSA) is 66.8 Å². The Hall–Kier alpha value is -1.26. The number of carboxylic acid groups (broad SMARTS) is 1. The summed E-state index contributed by atoms with van der Waals surface area (Å²) in [5.74, 6) is -0.708. The molecule has 0 bridgehead atoms. The molecule has 0 unspecified atom stereocenters. The van der Waals surface area contributed by atoms with E-state index in [0.717, 1.165) is 12.8 Å². The molecule has 1 aliphatic heterocycles. The highest BCUT2D eigenvalue weighted by molar-refractivity contribution is 5.74. The molecule has 5 nitrogen and oxygen atoms in total. The number of carbonyl (C=O) groups is 2. The molecule has 1 saturated carbocycles. The lowest BCUT2D eigenvalue weighted by Gasteiger charge is -2.29. The van der Waals surface area contributed by atoms with Gasteiger partial charge in [-0.05, 0) is 32.6 Å². The molecule has 1 saturated heterocycles. The van der Waals surface area contributed by atoms with E-state index >= 15 is 0 Å². The Kier molecular flexibility index (Phi) is 4.79. The number of hydrogen-bond acceptors (Lipinski definition) is 3. The van der Waals surface area contributed by atoms with Crippen molar-refractivity contribution in [2.75, 3.05) is 13.1 Å².